The monoisotopic (exact) mass is 446 g/mol. The van der Waals surface area contributed by atoms with E-state index < -0.39 is 0 Å². The predicted octanol–water partition coefficient (Wildman–Crippen LogP) is 5.64. The van der Waals surface area contributed by atoms with E-state index in [9.17, 15) is 14.0 Å². The summed E-state index contributed by atoms with van der Waals surface area (Å²) < 4.78 is 19.3. The zero-order chi connectivity index (χ0) is 23.1. The molecule has 5 nitrogen and oxygen atoms in total. The van der Waals surface area contributed by atoms with Gasteiger partial charge in [-0.15, -0.1) is 0 Å². The maximum absolute atomic E-state index is 13.4. The van der Waals surface area contributed by atoms with Crippen LogP contribution in [0.1, 0.15) is 75.2 Å². The molecule has 3 aromatic rings. The number of carbonyl (C=O) groups excluding carboxylic acids is 2. The van der Waals surface area contributed by atoms with Crippen LogP contribution in [0, 0.1) is 19.7 Å². The molecule has 1 unspecified atom stereocenters. The van der Waals surface area contributed by atoms with E-state index in [2.05, 4.69) is 0 Å². The molecule has 0 N–H and O–H groups in total. The number of nitrogens with zero attached hydrogens (tertiary/aromatic N) is 2. The lowest BCUT2D eigenvalue weighted by atomic mass is 9.91. The molecule has 0 bridgehead atoms. The van der Waals surface area contributed by atoms with Gasteiger partial charge in [-0.05, 0) is 68.5 Å². The number of aromatic nitrogens is 1. The van der Waals surface area contributed by atoms with Crippen molar-refractivity contribution in [2.45, 2.75) is 51.9 Å². The van der Waals surface area contributed by atoms with Crippen LogP contribution in [0.25, 0.3) is 11.1 Å². The Morgan fingerprint density at radius 2 is 1.88 bits per heavy atom. The molecule has 0 spiro atoms. The molecule has 1 amide bonds. The summed E-state index contributed by atoms with van der Waals surface area (Å²) in [6.45, 7) is 4.98. The minimum absolute atomic E-state index is 0.0744. The Kier molecular flexibility index (Phi) is 5.60. The van der Waals surface area contributed by atoms with Gasteiger partial charge in [-0.2, -0.15) is 0 Å². The molecule has 2 aromatic heterocycles. The highest BCUT2D eigenvalue weighted by atomic mass is 19.1. The number of Topliss-reactive ketones (excluding diaryl/α,β-unsaturated/α-hetero) is 1. The first kappa shape index (κ1) is 21.6. The number of benzene rings is 1. The van der Waals surface area contributed by atoms with Crippen molar-refractivity contribution < 1.29 is 18.4 Å². The van der Waals surface area contributed by atoms with E-state index in [1.807, 2.05) is 30.9 Å². The largest absolute Gasteiger partial charge is 0.455 e. The molecule has 1 saturated heterocycles. The van der Waals surface area contributed by atoms with Crippen molar-refractivity contribution in [3.63, 3.8) is 0 Å². The third kappa shape index (κ3) is 4.10. The molecule has 1 fully saturated rings. The summed E-state index contributed by atoms with van der Waals surface area (Å²) >= 11 is 0. The van der Waals surface area contributed by atoms with E-state index in [4.69, 9.17) is 9.40 Å². The summed E-state index contributed by atoms with van der Waals surface area (Å²) in [7, 11) is 0. The third-order valence-electron chi connectivity index (χ3n) is 6.78. The summed E-state index contributed by atoms with van der Waals surface area (Å²) in [5.41, 5.74) is 5.06. The molecule has 5 rings (SSSR count). The van der Waals surface area contributed by atoms with Gasteiger partial charge < -0.3 is 9.32 Å². The molecule has 3 heterocycles. The van der Waals surface area contributed by atoms with Gasteiger partial charge in [0.2, 0.25) is 0 Å². The number of hydrogen-bond donors (Lipinski definition) is 0. The fourth-order valence-electron chi connectivity index (χ4n) is 5.11. The van der Waals surface area contributed by atoms with E-state index in [0.29, 0.717) is 48.6 Å². The van der Waals surface area contributed by atoms with Gasteiger partial charge in [0.1, 0.15) is 11.6 Å². The second-order valence-electron chi connectivity index (χ2n) is 9.15. The normalized spacial score (nSPS) is 18.3. The Hall–Kier alpha value is -3.28. The standard InChI is InChI=1S/C27H27FN2O3/c1-16-13-20(18-8-10-21(28)11-9-18)14-22(29-16)19-5-4-12-30(15-19)27(32)26-17(2)25-23(31)6-3-7-24(25)33-26/h8-11,13-14,19H,3-7,12,15H2,1-2H3. The average molecular weight is 447 g/mol. The Morgan fingerprint density at radius 1 is 1.09 bits per heavy atom. The fourth-order valence-corrected chi connectivity index (χ4v) is 5.11. The highest BCUT2D eigenvalue weighted by molar-refractivity contribution is 6.03. The number of ketones is 1. The van der Waals surface area contributed by atoms with Crippen LogP contribution >= 0.6 is 0 Å². The quantitative estimate of drug-likeness (QED) is 0.523. The zero-order valence-electron chi connectivity index (χ0n) is 19.0. The number of fused-ring (bicyclic) bond motifs is 1. The lowest BCUT2D eigenvalue weighted by Gasteiger charge is -2.32. The fraction of sp³-hybridized carbons (Fsp3) is 0.370. The highest BCUT2D eigenvalue weighted by Gasteiger charge is 2.33. The van der Waals surface area contributed by atoms with Crippen molar-refractivity contribution in [3.05, 3.63) is 76.3 Å². The lowest BCUT2D eigenvalue weighted by molar-refractivity contribution is 0.0670. The van der Waals surface area contributed by atoms with E-state index >= 15 is 0 Å². The lowest BCUT2D eigenvalue weighted by Crippen LogP contribution is -2.39. The van der Waals surface area contributed by atoms with Gasteiger partial charge in [-0.3, -0.25) is 14.6 Å². The van der Waals surface area contributed by atoms with Crippen LogP contribution in [0.4, 0.5) is 4.39 Å². The number of rotatable bonds is 3. The molecule has 0 saturated carbocycles. The average Bonchev–Trinajstić information content (AvgIpc) is 3.16. The second-order valence-corrected chi connectivity index (χ2v) is 9.15. The van der Waals surface area contributed by atoms with Crippen LogP contribution in [-0.4, -0.2) is 34.7 Å². The van der Waals surface area contributed by atoms with Crippen LogP contribution in [0.15, 0.2) is 40.8 Å². The molecule has 0 radical (unpaired) electrons. The topological polar surface area (TPSA) is 63.4 Å². The van der Waals surface area contributed by atoms with E-state index in [0.717, 1.165) is 41.8 Å². The minimum Gasteiger partial charge on any atom is -0.455 e. The first-order valence-corrected chi connectivity index (χ1v) is 11.6. The maximum atomic E-state index is 13.4. The van der Waals surface area contributed by atoms with Crippen LogP contribution < -0.4 is 0 Å². The molecular formula is C27H27FN2O3. The summed E-state index contributed by atoms with van der Waals surface area (Å²) in [6.07, 6.45) is 3.80. The number of aryl methyl sites for hydroxylation is 2. The Morgan fingerprint density at radius 3 is 2.64 bits per heavy atom. The molecule has 1 aromatic carbocycles. The SMILES string of the molecule is Cc1cc(-c2ccc(F)cc2)cc(C2CCCN(C(=O)c3oc4c(c3C)C(=O)CCC4)C2)n1. The summed E-state index contributed by atoms with van der Waals surface area (Å²) in [5.74, 6) is 0.734. The Labute approximate surface area is 192 Å². The van der Waals surface area contributed by atoms with Crippen LogP contribution in [0.3, 0.4) is 0 Å². The maximum Gasteiger partial charge on any atom is 0.289 e. The smallest absolute Gasteiger partial charge is 0.289 e. The van der Waals surface area contributed by atoms with Gasteiger partial charge in [0.25, 0.3) is 5.91 Å². The molecule has 1 aliphatic carbocycles. The van der Waals surface area contributed by atoms with Gasteiger partial charge in [0.15, 0.2) is 11.5 Å². The highest BCUT2D eigenvalue weighted by Crippen LogP contribution is 2.33. The summed E-state index contributed by atoms with van der Waals surface area (Å²) in [5, 5.41) is 0. The molecule has 33 heavy (non-hydrogen) atoms. The molecule has 1 atom stereocenters. The molecule has 170 valence electrons. The molecule has 1 aliphatic heterocycles. The molecule has 2 aliphatic rings. The Balaban J connectivity index is 1.40. The summed E-state index contributed by atoms with van der Waals surface area (Å²) in [6, 6.07) is 10.5. The number of likely N-dealkylation sites (tertiary alicyclic amines) is 1. The van der Waals surface area contributed by atoms with Crippen LogP contribution in [-0.2, 0) is 6.42 Å². The Bertz CT molecular complexity index is 1230. The van der Waals surface area contributed by atoms with Crippen LogP contribution in [0.5, 0.6) is 0 Å². The number of carbonyl (C=O) groups is 2. The van der Waals surface area contributed by atoms with E-state index in [1.54, 1.807) is 12.1 Å². The van der Waals surface area contributed by atoms with Crippen molar-refractivity contribution in [3.8, 4) is 11.1 Å². The first-order valence-electron chi connectivity index (χ1n) is 11.6. The van der Waals surface area contributed by atoms with Crippen molar-refractivity contribution in [2.75, 3.05) is 13.1 Å². The summed E-state index contributed by atoms with van der Waals surface area (Å²) in [4.78, 5) is 32.3. The predicted molar refractivity (Wildman–Crippen MR) is 123 cm³/mol. The molecular weight excluding hydrogens is 419 g/mol. The van der Waals surface area contributed by atoms with Crippen LogP contribution in [0.2, 0.25) is 0 Å². The second kappa shape index (κ2) is 8.58. The van der Waals surface area contributed by atoms with Gasteiger partial charge in [-0.1, -0.05) is 12.1 Å². The number of hydrogen-bond acceptors (Lipinski definition) is 4. The van der Waals surface area contributed by atoms with Crippen molar-refractivity contribution in [1.29, 1.82) is 0 Å². The van der Waals surface area contributed by atoms with Gasteiger partial charge in [0.05, 0.1) is 5.56 Å². The van der Waals surface area contributed by atoms with Crippen molar-refractivity contribution >= 4 is 11.7 Å². The van der Waals surface area contributed by atoms with E-state index in [1.165, 1.54) is 12.1 Å². The minimum atomic E-state index is -0.261. The van der Waals surface area contributed by atoms with E-state index in [-0.39, 0.29) is 23.4 Å². The van der Waals surface area contributed by atoms with Crippen molar-refractivity contribution in [1.82, 2.24) is 9.88 Å². The third-order valence-corrected chi connectivity index (χ3v) is 6.78. The van der Waals surface area contributed by atoms with Gasteiger partial charge in [-0.25, -0.2) is 4.39 Å². The number of amides is 1. The number of furan rings is 1. The zero-order valence-corrected chi connectivity index (χ0v) is 19.0. The number of halogens is 1. The first-order chi connectivity index (χ1) is 15.9. The molecule has 6 heteroatoms. The van der Waals surface area contributed by atoms with Crippen molar-refractivity contribution in [2.24, 2.45) is 0 Å². The number of piperidine rings is 1. The van der Waals surface area contributed by atoms with Gasteiger partial charge >= 0.3 is 0 Å². The van der Waals surface area contributed by atoms with Gasteiger partial charge in [0, 0.05) is 48.8 Å². The number of pyridine rings is 1.